The zero-order valence-electron chi connectivity index (χ0n) is 11.7. The molecule has 104 valence electrons. The van der Waals surface area contributed by atoms with Crippen LogP contribution in [0.4, 0.5) is 0 Å². The third-order valence-electron chi connectivity index (χ3n) is 3.24. The fraction of sp³-hybridized carbons (Fsp3) is 0.500. The molecule has 0 amide bonds. The Labute approximate surface area is 120 Å². The summed E-state index contributed by atoms with van der Waals surface area (Å²) >= 11 is 6.18. The summed E-state index contributed by atoms with van der Waals surface area (Å²) in [6.45, 7) is 6.03. The van der Waals surface area contributed by atoms with Gasteiger partial charge in [-0.25, -0.2) is 0 Å². The smallest absolute Gasteiger partial charge is 0.113 e. The molecule has 0 radical (unpaired) electrons. The Balaban J connectivity index is 2.27. The van der Waals surface area contributed by atoms with Gasteiger partial charge in [-0.1, -0.05) is 24.6 Å². The van der Waals surface area contributed by atoms with Crippen molar-refractivity contribution in [1.29, 1.82) is 0 Å². The highest BCUT2D eigenvalue weighted by Gasteiger charge is 2.19. The molecule has 1 heterocycles. The minimum Gasteiger partial charge on any atom is -0.496 e. The lowest BCUT2D eigenvalue weighted by Gasteiger charge is -2.25. The van der Waals surface area contributed by atoms with Crippen molar-refractivity contribution in [3.05, 3.63) is 46.2 Å². The zero-order chi connectivity index (χ0) is 13.7. The van der Waals surface area contributed by atoms with Gasteiger partial charge in [-0.05, 0) is 62.1 Å². The van der Waals surface area contributed by atoms with Gasteiger partial charge in [0.15, 0.2) is 0 Å². The van der Waals surface area contributed by atoms with Crippen molar-refractivity contribution < 1.29 is 4.74 Å². The zero-order valence-corrected chi connectivity index (χ0v) is 12.5. The molecule has 1 aliphatic heterocycles. The first-order chi connectivity index (χ1) is 9.20. The van der Waals surface area contributed by atoms with Crippen molar-refractivity contribution in [2.45, 2.75) is 39.2 Å². The molecule has 1 N–H and O–H groups in total. The first-order valence-electron chi connectivity index (χ1n) is 7.04. The lowest BCUT2D eigenvalue weighted by atomic mass is 10.0. The first kappa shape index (κ1) is 14.4. The molecule has 1 aliphatic rings. The largest absolute Gasteiger partial charge is 0.496 e. The third-order valence-corrected chi connectivity index (χ3v) is 3.46. The van der Waals surface area contributed by atoms with E-state index in [4.69, 9.17) is 16.3 Å². The van der Waals surface area contributed by atoms with Gasteiger partial charge in [-0.3, -0.25) is 0 Å². The molecule has 0 fully saturated rings. The molecule has 19 heavy (non-hydrogen) atoms. The molecule has 0 aromatic heterocycles. The van der Waals surface area contributed by atoms with Gasteiger partial charge >= 0.3 is 0 Å². The molecular formula is C16H22ClNO. The summed E-state index contributed by atoms with van der Waals surface area (Å²) in [5.41, 5.74) is 2.37. The van der Waals surface area contributed by atoms with Crippen molar-refractivity contribution in [1.82, 2.24) is 5.32 Å². The first-order valence-corrected chi connectivity index (χ1v) is 7.42. The number of allylic oxidation sites excluding steroid dienone is 1. The highest BCUT2D eigenvalue weighted by atomic mass is 35.5. The molecule has 2 rings (SSSR count). The van der Waals surface area contributed by atoms with Crippen LogP contribution in [-0.2, 0) is 4.74 Å². The fourth-order valence-corrected chi connectivity index (χ4v) is 2.68. The maximum absolute atomic E-state index is 6.18. The van der Waals surface area contributed by atoms with Crippen molar-refractivity contribution in [3.63, 3.8) is 0 Å². The molecule has 0 saturated carbocycles. The summed E-state index contributed by atoms with van der Waals surface area (Å²) in [6.07, 6.45) is 5.51. The maximum atomic E-state index is 6.18. The molecule has 0 saturated heterocycles. The van der Waals surface area contributed by atoms with Gasteiger partial charge in [0, 0.05) is 5.02 Å². The molecule has 1 atom stereocenters. The third kappa shape index (κ3) is 3.99. The van der Waals surface area contributed by atoms with Crippen molar-refractivity contribution in [2.75, 3.05) is 13.2 Å². The average molecular weight is 280 g/mol. The van der Waals surface area contributed by atoms with E-state index in [0.29, 0.717) is 0 Å². The van der Waals surface area contributed by atoms with E-state index in [2.05, 4.69) is 31.3 Å². The van der Waals surface area contributed by atoms with Crippen LogP contribution in [0.3, 0.4) is 0 Å². The Kier molecular flexibility index (Phi) is 5.29. The van der Waals surface area contributed by atoms with Gasteiger partial charge in [0.25, 0.3) is 0 Å². The number of halogens is 1. The molecule has 2 nitrogen and oxygen atoms in total. The fourth-order valence-electron chi connectivity index (χ4n) is 2.38. The molecule has 3 heteroatoms. The Morgan fingerprint density at radius 2 is 2.21 bits per heavy atom. The van der Waals surface area contributed by atoms with Gasteiger partial charge in [-0.2, -0.15) is 0 Å². The van der Waals surface area contributed by atoms with Crippen LogP contribution in [0.1, 0.15) is 43.4 Å². The number of benzene rings is 1. The average Bonchev–Trinajstić information content (AvgIpc) is 2.39. The Bertz CT molecular complexity index is 436. The van der Waals surface area contributed by atoms with E-state index in [0.717, 1.165) is 43.2 Å². The van der Waals surface area contributed by atoms with Gasteiger partial charge < -0.3 is 10.1 Å². The van der Waals surface area contributed by atoms with E-state index in [1.165, 1.54) is 11.1 Å². The van der Waals surface area contributed by atoms with Gasteiger partial charge in [0.05, 0.1) is 12.6 Å². The summed E-state index contributed by atoms with van der Waals surface area (Å²) in [7, 11) is 0. The van der Waals surface area contributed by atoms with Gasteiger partial charge in [0.1, 0.15) is 5.76 Å². The van der Waals surface area contributed by atoms with Crippen LogP contribution in [0.2, 0.25) is 5.02 Å². The number of ether oxygens (including phenoxy) is 1. The standard InChI is InChI=1S/C16H22ClNO/c1-3-7-18-16(15-6-4-5-8-19-15)13-9-12(2)10-14(17)11-13/h6,9-11,16,18H,3-5,7-8H2,1-2H3. The van der Waals surface area contributed by atoms with E-state index >= 15 is 0 Å². The van der Waals surface area contributed by atoms with Crippen molar-refractivity contribution >= 4 is 11.6 Å². The van der Waals surface area contributed by atoms with E-state index in [1.54, 1.807) is 0 Å². The number of hydrogen-bond acceptors (Lipinski definition) is 2. The van der Waals surface area contributed by atoms with E-state index in [-0.39, 0.29) is 6.04 Å². The monoisotopic (exact) mass is 279 g/mol. The van der Waals surface area contributed by atoms with Crippen molar-refractivity contribution in [3.8, 4) is 0 Å². The van der Waals surface area contributed by atoms with Crippen LogP contribution in [0.5, 0.6) is 0 Å². The minimum atomic E-state index is 0.123. The van der Waals surface area contributed by atoms with Gasteiger partial charge in [0.2, 0.25) is 0 Å². The van der Waals surface area contributed by atoms with Crippen LogP contribution in [-0.4, -0.2) is 13.2 Å². The summed E-state index contributed by atoms with van der Waals surface area (Å²) in [6, 6.07) is 6.31. The summed E-state index contributed by atoms with van der Waals surface area (Å²) in [5, 5.41) is 4.34. The Morgan fingerprint density at radius 1 is 1.37 bits per heavy atom. The van der Waals surface area contributed by atoms with Crippen LogP contribution in [0.15, 0.2) is 30.0 Å². The topological polar surface area (TPSA) is 21.3 Å². The number of nitrogens with one attached hydrogen (secondary N) is 1. The predicted molar refractivity (Wildman–Crippen MR) is 80.5 cm³/mol. The number of aryl methyl sites for hydroxylation is 1. The number of rotatable bonds is 5. The lowest BCUT2D eigenvalue weighted by molar-refractivity contribution is 0.167. The quantitative estimate of drug-likeness (QED) is 0.863. The van der Waals surface area contributed by atoms with Crippen LogP contribution >= 0.6 is 11.6 Å². The number of hydrogen-bond donors (Lipinski definition) is 1. The van der Waals surface area contributed by atoms with Crippen LogP contribution in [0.25, 0.3) is 0 Å². The summed E-state index contributed by atoms with van der Waals surface area (Å²) in [4.78, 5) is 0. The second kappa shape index (κ2) is 6.97. The maximum Gasteiger partial charge on any atom is 0.113 e. The molecule has 1 aromatic carbocycles. The predicted octanol–water partition coefficient (Wildman–Crippen LogP) is 4.38. The molecule has 1 aromatic rings. The lowest BCUT2D eigenvalue weighted by Crippen LogP contribution is -2.26. The summed E-state index contributed by atoms with van der Waals surface area (Å²) < 4.78 is 5.83. The summed E-state index contributed by atoms with van der Waals surface area (Å²) in [5.74, 6) is 1.04. The second-order valence-electron chi connectivity index (χ2n) is 5.05. The van der Waals surface area contributed by atoms with Crippen LogP contribution < -0.4 is 5.32 Å². The minimum absolute atomic E-state index is 0.123. The Hall–Kier alpha value is -0.990. The van der Waals surface area contributed by atoms with E-state index in [1.807, 2.05) is 12.1 Å². The highest BCUT2D eigenvalue weighted by Crippen LogP contribution is 2.28. The van der Waals surface area contributed by atoms with Crippen molar-refractivity contribution in [2.24, 2.45) is 0 Å². The highest BCUT2D eigenvalue weighted by molar-refractivity contribution is 6.30. The molecule has 0 spiro atoms. The normalized spacial score (nSPS) is 16.7. The molecule has 0 bridgehead atoms. The van der Waals surface area contributed by atoms with E-state index in [9.17, 15) is 0 Å². The second-order valence-corrected chi connectivity index (χ2v) is 5.48. The molecular weight excluding hydrogens is 258 g/mol. The molecule has 1 unspecified atom stereocenters. The SMILES string of the molecule is CCCNC(C1=CCCCO1)c1cc(C)cc(Cl)c1. The van der Waals surface area contributed by atoms with E-state index < -0.39 is 0 Å². The Morgan fingerprint density at radius 3 is 2.84 bits per heavy atom. The molecule has 0 aliphatic carbocycles. The van der Waals surface area contributed by atoms with Crippen LogP contribution in [0, 0.1) is 6.92 Å². The van der Waals surface area contributed by atoms with Gasteiger partial charge in [-0.15, -0.1) is 0 Å².